The van der Waals surface area contributed by atoms with Gasteiger partial charge in [0.15, 0.2) is 0 Å². The van der Waals surface area contributed by atoms with Crippen LogP contribution in [0.5, 0.6) is 0 Å². The molecule has 0 saturated heterocycles. The van der Waals surface area contributed by atoms with Gasteiger partial charge in [0.1, 0.15) is 0 Å². The summed E-state index contributed by atoms with van der Waals surface area (Å²) in [6.45, 7) is 4.76. The summed E-state index contributed by atoms with van der Waals surface area (Å²) in [5.74, 6) is 0. The van der Waals surface area contributed by atoms with E-state index in [-0.39, 0.29) is 5.41 Å². The van der Waals surface area contributed by atoms with Crippen molar-refractivity contribution in [3.63, 3.8) is 0 Å². The molecule has 0 fully saturated rings. The molecule has 8 rings (SSSR count). The van der Waals surface area contributed by atoms with Gasteiger partial charge in [0.05, 0.1) is 0 Å². The van der Waals surface area contributed by atoms with Gasteiger partial charge in [0.25, 0.3) is 0 Å². The molecule has 0 saturated carbocycles. The molecule has 0 spiro atoms. The molecular weight excluding hydrogens is 502 g/mol. The molecule has 0 aliphatic heterocycles. The van der Waals surface area contributed by atoms with Crippen molar-refractivity contribution in [1.29, 1.82) is 0 Å². The van der Waals surface area contributed by atoms with E-state index in [9.17, 15) is 0 Å². The number of pyridine rings is 1. The Morgan fingerprint density at radius 3 is 2.42 bits per heavy atom. The lowest BCUT2D eigenvalue weighted by Gasteiger charge is -2.24. The van der Waals surface area contributed by atoms with Gasteiger partial charge in [0, 0.05) is 33.0 Å². The molecular formula is C38H29NS. The summed E-state index contributed by atoms with van der Waals surface area (Å²) in [5.41, 5.74) is 8.47. The van der Waals surface area contributed by atoms with E-state index in [1.165, 1.54) is 75.5 Å². The number of nitrogens with zero attached hydrogens (tertiary/aromatic N) is 1. The Balaban J connectivity index is 1.39. The molecule has 192 valence electrons. The van der Waals surface area contributed by atoms with Gasteiger partial charge in [-0.3, -0.25) is 4.98 Å². The van der Waals surface area contributed by atoms with E-state index in [2.05, 4.69) is 128 Å². The van der Waals surface area contributed by atoms with Crippen molar-refractivity contribution in [2.75, 3.05) is 0 Å². The normalized spacial score (nSPS) is 15.7. The van der Waals surface area contributed by atoms with E-state index >= 15 is 0 Å². The van der Waals surface area contributed by atoms with Crippen molar-refractivity contribution in [1.82, 2.24) is 4.98 Å². The van der Waals surface area contributed by atoms with Crippen molar-refractivity contribution in [3.05, 3.63) is 132 Å². The minimum atomic E-state index is 0.0339. The van der Waals surface area contributed by atoms with Crippen molar-refractivity contribution >= 4 is 49.7 Å². The molecule has 1 nitrogen and oxygen atoms in total. The quantitative estimate of drug-likeness (QED) is 0.211. The Morgan fingerprint density at radius 1 is 0.725 bits per heavy atom. The highest BCUT2D eigenvalue weighted by molar-refractivity contribution is 7.99. The summed E-state index contributed by atoms with van der Waals surface area (Å²) in [4.78, 5) is 7.29. The van der Waals surface area contributed by atoms with Crippen LogP contribution in [0.15, 0.2) is 131 Å². The number of allylic oxidation sites excluding steroid dienone is 4. The fourth-order valence-corrected chi connectivity index (χ4v) is 8.24. The molecule has 2 aliphatic carbocycles. The maximum absolute atomic E-state index is 4.62. The molecule has 0 N–H and O–H groups in total. The largest absolute Gasteiger partial charge is 0.264 e. The summed E-state index contributed by atoms with van der Waals surface area (Å²) >= 11 is 1.93. The van der Waals surface area contributed by atoms with Crippen molar-refractivity contribution in [2.45, 2.75) is 41.9 Å². The molecule has 0 unspecified atom stereocenters. The van der Waals surface area contributed by atoms with Crippen molar-refractivity contribution in [3.8, 4) is 11.1 Å². The van der Waals surface area contributed by atoms with E-state index < -0.39 is 0 Å². The molecule has 40 heavy (non-hydrogen) atoms. The number of rotatable bonds is 3. The van der Waals surface area contributed by atoms with Crippen molar-refractivity contribution in [2.24, 2.45) is 0 Å². The zero-order valence-electron chi connectivity index (χ0n) is 22.7. The second-order valence-electron chi connectivity index (χ2n) is 11.5. The van der Waals surface area contributed by atoms with Crippen LogP contribution in [0.4, 0.5) is 0 Å². The Bertz CT molecular complexity index is 2000. The molecule has 0 atom stereocenters. The van der Waals surface area contributed by atoms with Crippen molar-refractivity contribution < 1.29 is 0 Å². The lowest BCUT2D eigenvalue weighted by atomic mass is 9.80. The maximum atomic E-state index is 4.62. The first-order chi connectivity index (χ1) is 19.6. The minimum absolute atomic E-state index is 0.0339. The summed E-state index contributed by atoms with van der Waals surface area (Å²) in [6.07, 6.45) is 11.0. The van der Waals surface area contributed by atoms with Crippen LogP contribution in [-0.2, 0) is 5.41 Å². The summed E-state index contributed by atoms with van der Waals surface area (Å²) in [5, 5.41) is 7.54. The molecule has 0 radical (unpaired) electrons. The van der Waals surface area contributed by atoms with E-state index in [1.807, 2.05) is 18.0 Å². The summed E-state index contributed by atoms with van der Waals surface area (Å²) in [6, 6.07) is 33.5. The lowest BCUT2D eigenvalue weighted by molar-refractivity contribution is 0.650. The predicted molar refractivity (Wildman–Crippen MR) is 171 cm³/mol. The van der Waals surface area contributed by atoms with Gasteiger partial charge in [-0.25, -0.2) is 0 Å². The highest BCUT2D eigenvalue weighted by Gasteiger charge is 2.38. The van der Waals surface area contributed by atoms with Crippen LogP contribution in [0.2, 0.25) is 0 Å². The number of hydrogen-bond acceptors (Lipinski definition) is 2. The molecule has 1 heterocycles. The van der Waals surface area contributed by atoms with E-state index in [4.69, 9.17) is 0 Å². The first-order valence-electron chi connectivity index (χ1n) is 14.1. The molecule has 1 aromatic heterocycles. The topological polar surface area (TPSA) is 12.9 Å². The first kappa shape index (κ1) is 23.7. The molecule has 0 bridgehead atoms. The SMILES string of the molecule is CC1(C)C2=C(CCC=C2)c2c(Sc3c4ccccc4c(-c4ccc5ccccc5c4)c4cnccc34)cccc21. The molecule has 2 heteroatoms. The minimum Gasteiger partial charge on any atom is -0.264 e. The van der Waals surface area contributed by atoms with Crippen LogP contribution < -0.4 is 0 Å². The average Bonchev–Trinajstić information content (AvgIpc) is 3.24. The van der Waals surface area contributed by atoms with Crippen LogP contribution in [0.3, 0.4) is 0 Å². The van der Waals surface area contributed by atoms with E-state index in [0.717, 1.165) is 12.8 Å². The van der Waals surface area contributed by atoms with Gasteiger partial charge in [-0.2, -0.15) is 0 Å². The fraction of sp³-hybridized carbons (Fsp3) is 0.132. The Hall–Kier alpha value is -4.14. The lowest BCUT2D eigenvalue weighted by Crippen LogP contribution is -2.16. The summed E-state index contributed by atoms with van der Waals surface area (Å²) < 4.78 is 0. The first-order valence-corrected chi connectivity index (χ1v) is 14.9. The smallest absolute Gasteiger partial charge is 0.0353 e. The molecule has 5 aromatic carbocycles. The molecule has 6 aromatic rings. The van der Waals surface area contributed by atoms with Gasteiger partial charge < -0.3 is 0 Å². The van der Waals surface area contributed by atoms with Gasteiger partial charge in [0.2, 0.25) is 0 Å². The Labute approximate surface area is 239 Å². The number of aromatic nitrogens is 1. The third-order valence-electron chi connectivity index (χ3n) is 8.87. The number of benzene rings is 5. The van der Waals surface area contributed by atoms with E-state index in [0.29, 0.717) is 0 Å². The third-order valence-corrected chi connectivity index (χ3v) is 10.1. The Kier molecular flexibility index (Phi) is 5.30. The second kappa shape index (κ2) is 8.94. The number of hydrogen-bond donors (Lipinski definition) is 0. The average molecular weight is 532 g/mol. The maximum Gasteiger partial charge on any atom is 0.0353 e. The predicted octanol–water partition coefficient (Wildman–Crippen LogP) is 10.8. The molecule has 2 aliphatic rings. The fourth-order valence-electron chi connectivity index (χ4n) is 6.96. The molecule has 0 amide bonds. The zero-order valence-corrected chi connectivity index (χ0v) is 23.6. The van der Waals surface area contributed by atoms with Crippen LogP contribution in [0.25, 0.3) is 49.0 Å². The van der Waals surface area contributed by atoms with Gasteiger partial charge in [-0.05, 0) is 91.4 Å². The van der Waals surface area contributed by atoms with Gasteiger partial charge in [-0.1, -0.05) is 111 Å². The van der Waals surface area contributed by atoms with Crippen LogP contribution in [0.1, 0.15) is 37.8 Å². The highest BCUT2D eigenvalue weighted by Crippen LogP contribution is 2.54. The zero-order chi connectivity index (χ0) is 26.8. The Morgan fingerprint density at radius 2 is 1.52 bits per heavy atom. The second-order valence-corrected chi connectivity index (χ2v) is 12.5. The van der Waals surface area contributed by atoms with Crippen LogP contribution >= 0.6 is 11.8 Å². The number of fused-ring (bicyclic) bond motifs is 5. The van der Waals surface area contributed by atoms with Gasteiger partial charge in [-0.15, -0.1) is 0 Å². The summed E-state index contributed by atoms with van der Waals surface area (Å²) in [7, 11) is 0. The third kappa shape index (κ3) is 3.46. The monoisotopic (exact) mass is 531 g/mol. The van der Waals surface area contributed by atoms with E-state index in [1.54, 1.807) is 0 Å². The van der Waals surface area contributed by atoms with Crippen LogP contribution in [-0.4, -0.2) is 4.98 Å². The van der Waals surface area contributed by atoms with Crippen LogP contribution in [0, 0.1) is 0 Å². The van der Waals surface area contributed by atoms with Gasteiger partial charge >= 0.3 is 0 Å². The highest BCUT2D eigenvalue weighted by atomic mass is 32.2. The standard InChI is InChI=1S/C38H29NS/c1-38(2)32-15-8-7-14-30(32)36-33(38)16-9-17-34(36)40-37-28-13-6-5-12-27(28)35(31-23-39-21-20-29(31)37)26-19-18-24-10-3-4-11-25(24)22-26/h3-6,8-13,15-23H,7,14H2,1-2H3.